The molecule has 0 radical (unpaired) electrons. The van der Waals surface area contributed by atoms with Gasteiger partial charge >= 0.3 is 0 Å². The van der Waals surface area contributed by atoms with Gasteiger partial charge in [-0.1, -0.05) is 19.1 Å². The van der Waals surface area contributed by atoms with Crippen LogP contribution >= 0.6 is 0 Å². The molecule has 0 saturated carbocycles. The smallest absolute Gasteiger partial charge is 0.290 e. The zero-order chi connectivity index (χ0) is 11.8. The molecule has 5 heteroatoms. The first kappa shape index (κ1) is 13.1. The largest absolute Gasteiger partial charge is 0.483 e. The second kappa shape index (κ2) is 6.53. The molecule has 0 atom stereocenters. The monoisotopic (exact) mass is 211 g/mol. The molecule has 1 aromatic rings. The second-order valence-electron chi connectivity index (χ2n) is 2.85. The van der Waals surface area contributed by atoms with Crippen molar-refractivity contribution in [3.8, 4) is 0 Å². The number of aryl methyl sites for hydroxylation is 2. The fourth-order valence-corrected chi connectivity index (χ4v) is 1.14. The van der Waals surface area contributed by atoms with E-state index in [0.717, 1.165) is 11.1 Å². The molecule has 5 nitrogen and oxygen atoms in total. The van der Waals surface area contributed by atoms with Crippen LogP contribution in [0.1, 0.15) is 18.1 Å². The number of carbonyl (C=O) groups is 1. The summed E-state index contributed by atoms with van der Waals surface area (Å²) in [6.45, 7) is 3.52. The molecule has 1 N–H and O–H groups in total. The zero-order valence-electron chi connectivity index (χ0n) is 8.64. The average Bonchev–Trinajstić information content (AvgIpc) is 2.19. The van der Waals surface area contributed by atoms with Crippen LogP contribution in [0.2, 0.25) is 0 Å². The fourth-order valence-electron chi connectivity index (χ4n) is 1.14. The number of nitro benzene ring substituents is 1. The minimum Gasteiger partial charge on any atom is -0.483 e. The highest BCUT2D eigenvalue weighted by Crippen LogP contribution is 2.19. The summed E-state index contributed by atoms with van der Waals surface area (Å²) < 4.78 is 0. The zero-order valence-corrected chi connectivity index (χ0v) is 8.64. The van der Waals surface area contributed by atoms with Gasteiger partial charge < -0.3 is 5.11 Å². The normalized spacial score (nSPS) is 8.67. The minimum atomic E-state index is -0.328. The highest BCUT2D eigenvalue weighted by atomic mass is 16.6. The van der Waals surface area contributed by atoms with Gasteiger partial charge in [-0.05, 0) is 18.9 Å². The van der Waals surface area contributed by atoms with E-state index < -0.39 is 0 Å². The highest BCUT2D eigenvalue weighted by Gasteiger charge is 2.10. The van der Waals surface area contributed by atoms with E-state index in [9.17, 15) is 10.1 Å². The van der Waals surface area contributed by atoms with E-state index >= 15 is 0 Å². The summed E-state index contributed by atoms with van der Waals surface area (Å²) >= 11 is 0. The molecular formula is C10H13NO4. The first-order valence-electron chi connectivity index (χ1n) is 4.38. The number of carboxylic acid groups (broad SMARTS) is 1. The van der Waals surface area contributed by atoms with E-state index in [2.05, 4.69) is 0 Å². The van der Waals surface area contributed by atoms with Crippen molar-refractivity contribution in [1.29, 1.82) is 0 Å². The molecule has 1 rings (SSSR count). The third kappa shape index (κ3) is 4.21. The quantitative estimate of drug-likeness (QED) is 0.461. The predicted molar refractivity (Wildman–Crippen MR) is 55.9 cm³/mol. The first-order valence-corrected chi connectivity index (χ1v) is 4.38. The van der Waals surface area contributed by atoms with E-state index in [1.54, 1.807) is 6.07 Å². The van der Waals surface area contributed by atoms with Gasteiger partial charge in [0, 0.05) is 11.6 Å². The third-order valence-electron chi connectivity index (χ3n) is 1.82. The summed E-state index contributed by atoms with van der Waals surface area (Å²) in [5.41, 5.74) is 1.96. The number of hydrogen-bond donors (Lipinski definition) is 1. The molecule has 0 aliphatic heterocycles. The SMILES string of the molecule is CCc1ccc(C)cc1[N+](=O)[O-].O=CO. The van der Waals surface area contributed by atoms with Crippen molar-refractivity contribution >= 4 is 12.2 Å². The Bertz CT molecular complexity index is 349. The van der Waals surface area contributed by atoms with Gasteiger partial charge in [-0.2, -0.15) is 0 Å². The number of nitrogens with zero attached hydrogens (tertiary/aromatic N) is 1. The summed E-state index contributed by atoms with van der Waals surface area (Å²) in [5, 5.41) is 17.4. The molecule has 82 valence electrons. The Morgan fingerprint density at radius 3 is 2.47 bits per heavy atom. The predicted octanol–water partition coefficient (Wildman–Crippen LogP) is 2.17. The van der Waals surface area contributed by atoms with Crippen molar-refractivity contribution in [2.45, 2.75) is 20.3 Å². The molecule has 0 saturated heterocycles. The molecule has 0 unspecified atom stereocenters. The minimum absolute atomic E-state index is 0.234. The Morgan fingerprint density at radius 1 is 1.53 bits per heavy atom. The second-order valence-corrected chi connectivity index (χ2v) is 2.85. The Balaban J connectivity index is 0.000000583. The number of hydrogen-bond acceptors (Lipinski definition) is 3. The number of nitro groups is 1. The van der Waals surface area contributed by atoms with E-state index in [1.165, 1.54) is 0 Å². The maximum Gasteiger partial charge on any atom is 0.290 e. The van der Waals surface area contributed by atoms with Crippen LogP contribution in [0.5, 0.6) is 0 Å². The van der Waals surface area contributed by atoms with Gasteiger partial charge in [0.1, 0.15) is 0 Å². The third-order valence-corrected chi connectivity index (χ3v) is 1.82. The van der Waals surface area contributed by atoms with Gasteiger partial charge in [-0.15, -0.1) is 0 Å². The summed E-state index contributed by atoms with van der Waals surface area (Å²) in [4.78, 5) is 18.6. The molecule has 15 heavy (non-hydrogen) atoms. The lowest BCUT2D eigenvalue weighted by Gasteiger charge is -1.99. The molecule has 0 spiro atoms. The maximum absolute atomic E-state index is 10.5. The van der Waals surface area contributed by atoms with E-state index in [-0.39, 0.29) is 17.1 Å². The molecule has 0 aliphatic carbocycles. The molecule has 0 fully saturated rings. The van der Waals surface area contributed by atoms with Crippen LogP contribution in [-0.4, -0.2) is 16.5 Å². The number of benzene rings is 1. The van der Waals surface area contributed by atoms with Gasteiger partial charge in [0.05, 0.1) is 4.92 Å². The molecule has 0 heterocycles. The standard InChI is InChI=1S/C9H11NO2.CH2O2/c1-3-8-5-4-7(2)6-9(8)10(11)12;2-1-3/h4-6H,3H2,1-2H3;1H,(H,2,3). The molecule has 0 bridgehead atoms. The van der Waals surface area contributed by atoms with Gasteiger partial charge in [-0.3, -0.25) is 14.9 Å². The van der Waals surface area contributed by atoms with Gasteiger partial charge in [0.15, 0.2) is 0 Å². The van der Waals surface area contributed by atoms with Crippen molar-refractivity contribution in [2.75, 3.05) is 0 Å². The lowest BCUT2D eigenvalue weighted by atomic mass is 10.1. The topological polar surface area (TPSA) is 80.4 Å². The van der Waals surface area contributed by atoms with Crippen LogP contribution in [0.15, 0.2) is 18.2 Å². The van der Waals surface area contributed by atoms with E-state index in [1.807, 2.05) is 26.0 Å². The summed E-state index contributed by atoms with van der Waals surface area (Å²) in [6, 6.07) is 5.32. The van der Waals surface area contributed by atoms with Crippen LogP contribution in [0.3, 0.4) is 0 Å². The highest BCUT2D eigenvalue weighted by molar-refractivity contribution is 5.42. The van der Waals surface area contributed by atoms with Crippen LogP contribution in [-0.2, 0) is 11.2 Å². The Hall–Kier alpha value is -1.91. The lowest BCUT2D eigenvalue weighted by molar-refractivity contribution is -0.385. The van der Waals surface area contributed by atoms with E-state index in [0.29, 0.717) is 6.42 Å². The Kier molecular flexibility index (Phi) is 5.70. The average molecular weight is 211 g/mol. The molecule has 1 aromatic carbocycles. The lowest BCUT2D eigenvalue weighted by Crippen LogP contribution is -1.94. The summed E-state index contributed by atoms with van der Waals surface area (Å²) in [5.74, 6) is 0. The van der Waals surface area contributed by atoms with Gasteiger partial charge in [0.25, 0.3) is 12.2 Å². The van der Waals surface area contributed by atoms with Crippen molar-refractivity contribution in [2.24, 2.45) is 0 Å². The fraction of sp³-hybridized carbons (Fsp3) is 0.300. The van der Waals surface area contributed by atoms with Gasteiger partial charge in [0.2, 0.25) is 0 Å². The molecule has 0 amide bonds. The number of rotatable bonds is 2. The summed E-state index contributed by atoms with van der Waals surface area (Å²) in [6.07, 6.45) is 0.705. The molecule has 0 aromatic heterocycles. The summed E-state index contributed by atoms with van der Waals surface area (Å²) in [7, 11) is 0. The van der Waals surface area contributed by atoms with Crippen LogP contribution < -0.4 is 0 Å². The Morgan fingerprint density at radius 2 is 2.07 bits per heavy atom. The van der Waals surface area contributed by atoms with Gasteiger partial charge in [-0.25, -0.2) is 0 Å². The first-order chi connectivity index (χ1) is 7.06. The maximum atomic E-state index is 10.5. The van der Waals surface area contributed by atoms with Crippen LogP contribution in [0.25, 0.3) is 0 Å². The van der Waals surface area contributed by atoms with Crippen LogP contribution in [0.4, 0.5) is 5.69 Å². The van der Waals surface area contributed by atoms with Crippen molar-refractivity contribution in [3.05, 3.63) is 39.4 Å². The Labute approximate surface area is 87.5 Å². The van der Waals surface area contributed by atoms with Crippen LogP contribution in [0, 0.1) is 17.0 Å². The molecule has 0 aliphatic rings. The van der Waals surface area contributed by atoms with Crippen molar-refractivity contribution in [3.63, 3.8) is 0 Å². The molecular weight excluding hydrogens is 198 g/mol. The van der Waals surface area contributed by atoms with Crippen molar-refractivity contribution in [1.82, 2.24) is 0 Å². The van der Waals surface area contributed by atoms with E-state index in [4.69, 9.17) is 9.90 Å². The van der Waals surface area contributed by atoms with Crippen molar-refractivity contribution < 1.29 is 14.8 Å².